The molecule has 1 saturated heterocycles. The summed E-state index contributed by atoms with van der Waals surface area (Å²) in [5.41, 5.74) is 1.20. The summed E-state index contributed by atoms with van der Waals surface area (Å²) in [6.45, 7) is 0.436. The summed E-state index contributed by atoms with van der Waals surface area (Å²) in [6.07, 6.45) is 0.429. The van der Waals surface area contributed by atoms with Crippen molar-refractivity contribution in [3.05, 3.63) is 54.3 Å². The van der Waals surface area contributed by atoms with Crippen LogP contribution in [0.4, 0.5) is 15.8 Å². The molecule has 2 aromatic carbocycles. The molecular weight excluding hydrogens is 311 g/mol. The predicted molar refractivity (Wildman–Crippen MR) is 88.5 cm³/mol. The first-order valence-electron chi connectivity index (χ1n) is 7.60. The molecule has 0 spiro atoms. The number of hydrogen-bond acceptors (Lipinski definition) is 3. The maximum Gasteiger partial charge on any atom is 0.239 e. The van der Waals surface area contributed by atoms with Gasteiger partial charge in [-0.05, 0) is 55.0 Å². The normalized spacial score (nSPS) is 17.0. The SMILES string of the molecule is COc1ccc(NC(=O)C2CCN(c3ccc(F)cc3)C2=O)cc1. The highest BCUT2D eigenvalue weighted by molar-refractivity contribution is 6.13. The molecule has 0 bridgehead atoms. The molecule has 0 aromatic heterocycles. The topological polar surface area (TPSA) is 58.6 Å². The number of carbonyl (C=O) groups is 2. The first kappa shape index (κ1) is 16.0. The van der Waals surface area contributed by atoms with Crippen molar-refractivity contribution >= 4 is 23.2 Å². The Hall–Kier alpha value is -2.89. The fraction of sp³-hybridized carbons (Fsp3) is 0.222. The second-order valence-corrected chi connectivity index (χ2v) is 5.53. The molecule has 6 heteroatoms. The Morgan fingerprint density at radius 1 is 1.17 bits per heavy atom. The summed E-state index contributed by atoms with van der Waals surface area (Å²) in [5, 5.41) is 2.74. The molecule has 24 heavy (non-hydrogen) atoms. The third-order valence-corrected chi connectivity index (χ3v) is 4.02. The Morgan fingerprint density at radius 3 is 2.46 bits per heavy atom. The third kappa shape index (κ3) is 3.22. The van der Waals surface area contributed by atoms with Crippen molar-refractivity contribution in [2.45, 2.75) is 6.42 Å². The van der Waals surface area contributed by atoms with Crippen LogP contribution in [0.1, 0.15) is 6.42 Å². The van der Waals surface area contributed by atoms with Gasteiger partial charge in [0.15, 0.2) is 0 Å². The zero-order valence-corrected chi connectivity index (χ0v) is 13.2. The van der Waals surface area contributed by atoms with Crippen LogP contribution in [0.3, 0.4) is 0 Å². The van der Waals surface area contributed by atoms with Gasteiger partial charge < -0.3 is 15.0 Å². The van der Waals surface area contributed by atoms with Crippen LogP contribution in [0.25, 0.3) is 0 Å². The summed E-state index contributed by atoms with van der Waals surface area (Å²) < 4.78 is 18.1. The maximum atomic E-state index is 13.0. The summed E-state index contributed by atoms with van der Waals surface area (Å²) in [5.74, 6) is -1.02. The van der Waals surface area contributed by atoms with Crippen molar-refractivity contribution in [3.63, 3.8) is 0 Å². The third-order valence-electron chi connectivity index (χ3n) is 4.02. The van der Waals surface area contributed by atoms with Crippen LogP contribution in [-0.4, -0.2) is 25.5 Å². The number of nitrogens with one attached hydrogen (secondary N) is 1. The zero-order valence-electron chi connectivity index (χ0n) is 13.2. The number of methoxy groups -OCH3 is 1. The van der Waals surface area contributed by atoms with Crippen LogP contribution in [-0.2, 0) is 9.59 Å². The lowest BCUT2D eigenvalue weighted by atomic mass is 10.1. The van der Waals surface area contributed by atoms with Gasteiger partial charge in [0.25, 0.3) is 0 Å². The van der Waals surface area contributed by atoms with E-state index in [9.17, 15) is 14.0 Å². The van der Waals surface area contributed by atoms with Crippen LogP contribution in [0.5, 0.6) is 5.75 Å². The highest BCUT2D eigenvalue weighted by Gasteiger charge is 2.37. The molecule has 2 aromatic rings. The number of anilines is 2. The van der Waals surface area contributed by atoms with Gasteiger partial charge in [0.2, 0.25) is 11.8 Å². The molecule has 1 heterocycles. The number of rotatable bonds is 4. The molecule has 124 valence electrons. The van der Waals surface area contributed by atoms with E-state index in [0.717, 1.165) is 0 Å². The second-order valence-electron chi connectivity index (χ2n) is 5.53. The van der Waals surface area contributed by atoms with Gasteiger partial charge in [-0.1, -0.05) is 0 Å². The highest BCUT2D eigenvalue weighted by Crippen LogP contribution is 2.26. The van der Waals surface area contributed by atoms with E-state index in [1.165, 1.54) is 29.2 Å². The molecule has 0 saturated carbocycles. The monoisotopic (exact) mass is 328 g/mol. The Labute approximate surface area is 139 Å². The van der Waals surface area contributed by atoms with E-state index in [1.54, 1.807) is 31.4 Å². The molecule has 0 radical (unpaired) electrons. The Kier molecular flexibility index (Phi) is 4.46. The molecule has 1 unspecified atom stereocenters. The number of ether oxygens (including phenoxy) is 1. The molecule has 3 rings (SSSR count). The van der Waals surface area contributed by atoms with Gasteiger partial charge in [0, 0.05) is 17.9 Å². The Bertz CT molecular complexity index is 744. The summed E-state index contributed by atoms with van der Waals surface area (Å²) in [6, 6.07) is 12.6. The van der Waals surface area contributed by atoms with Crippen LogP contribution in [0, 0.1) is 11.7 Å². The van der Waals surface area contributed by atoms with Gasteiger partial charge in [-0.3, -0.25) is 9.59 Å². The molecule has 5 nitrogen and oxygen atoms in total. The molecule has 1 aliphatic heterocycles. The van der Waals surface area contributed by atoms with E-state index in [1.807, 2.05) is 0 Å². The minimum Gasteiger partial charge on any atom is -0.497 e. The quantitative estimate of drug-likeness (QED) is 0.878. The summed E-state index contributed by atoms with van der Waals surface area (Å²) in [7, 11) is 1.56. The number of amides is 2. The molecule has 1 aliphatic rings. The first-order chi connectivity index (χ1) is 11.6. The van der Waals surface area contributed by atoms with E-state index < -0.39 is 5.92 Å². The number of benzene rings is 2. The van der Waals surface area contributed by atoms with E-state index in [-0.39, 0.29) is 17.6 Å². The number of nitrogens with zero attached hydrogens (tertiary/aromatic N) is 1. The Morgan fingerprint density at radius 2 is 1.83 bits per heavy atom. The van der Waals surface area contributed by atoms with Gasteiger partial charge in [-0.25, -0.2) is 4.39 Å². The number of carbonyl (C=O) groups excluding carboxylic acids is 2. The number of hydrogen-bond donors (Lipinski definition) is 1. The molecule has 1 N–H and O–H groups in total. The first-order valence-corrected chi connectivity index (χ1v) is 7.60. The Balaban J connectivity index is 1.67. The molecule has 1 atom stereocenters. The van der Waals surface area contributed by atoms with Crippen molar-refractivity contribution in [1.82, 2.24) is 0 Å². The second kappa shape index (κ2) is 6.70. The lowest BCUT2D eigenvalue weighted by Gasteiger charge is -2.16. The van der Waals surface area contributed by atoms with Crippen molar-refractivity contribution in [2.24, 2.45) is 5.92 Å². The van der Waals surface area contributed by atoms with E-state index >= 15 is 0 Å². The van der Waals surface area contributed by atoms with Crippen LogP contribution in [0.2, 0.25) is 0 Å². The lowest BCUT2D eigenvalue weighted by molar-refractivity contribution is -0.129. The van der Waals surface area contributed by atoms with Gasteiger partial charge in [-0.15, -0.1) is 0 Å². The van der Waals surface area contributed by atoms with Crippen LogP contribution >= 0.6 is 0 Å². The van der Waals surface area contributed by atoms with Gasteiger partial charge in [-0.2, -0.15) is 0 Å². The maximum absolute atomic E-state index is 13.0. The van der Waals surface area contributed by atoms with Crippen LogP contribution in [0.15, 0.2) is 48.5 Å². The number of halogens is 1. The standard InChI is InChI=1S/C18H17FN2O3/c1-24-15-8-4-13(5-9-15)20-17(22)16-10-11-21(18(16)23)14-6-2-12(19)3-7-14/h2-9,16H,10-11H2,1H3,(H,20,22). The van der Waals surface area contributed by atoms with Gasteiger partial charge in [0.1, 0.15) is 17.5 Å². The van der Waals surface area contributed by atoms with Crippen molar-refractivity contribution in [3.8, 4) is 5.75 Å². The molecule has 2 amide bonds. The van der Waals surface area contributed by atoms with Crippen molar-refractivity contribution in [2.75, 3.05) is 23.9 Å². The van der Waals surface area contributed by atoms with Gasteiger partial charge >= 0.3 is 0 Å². The van der Waals surface area contributed by atoms with E-state index in [4.69, 9.17) is 4.74 Å². The lowest BCUT2D eigenvalue weighted by Crippen LogP contribution is -2.33. The fourth-order valence-corrected chi connectivity index (χ4v) is 2.70. The average Bonchev–Trinajstić information content (AvgIpc) is 2.98. The molecule has 1 fully saturated rings. The fourth-order valence-electron chi connectivity index (χ4n) is 2.70. The van der Waals surface area contributed by atoms with Gasteiger partial charge in [0.05, 0.1) is 7.11 Å². The summed E-state index contributed by atoms with van der Waals surface area (Å²) >= 11 is 0. The largest absolute Gasteiger partial charge is 0.497 e. The predicted octanol–water partition coefficient (Wildman–Crippen LogP) is 2.83. The van der Waals surface area contributed by atoms with Crippen molar-refractivity contribution in [1.29, 1.82) is 0 Å². The smallest absolute Gasteiger partial charge is 0.239 e. The van der Waals surface area contributed by atoms with E-state index in [2.05, 4.69) is 5.32 Å². The molecular formula is C18H17FN2O3. The van der Waals surface area contributed by atoms with Crippen LogP contribution < -0.4 is 15.0 Å². The highest BCUT2D eigenvalue weighted by atomic mass is 19.1. The molecule has 0 aliphatic carbocycles. The minimum absolute atomic E-state index is 0.271. The summed E-state index contributed by atoms with van der Waals surface area (Å²) in [4.78, 5) is 26.3. The average molecular weight is 328 g/mol. The zero-order chi connectivity index (χ0) is 17.1. The van der Waals surface area contributed by atoms with Crippen molar-refractivity contribution < 1.29 is 18.7 Å². The van der Waals surface area contributed by atoms with E-state index in [0.29, 0.717) is 30.1 Å². The minimum atomic E-state index is -0.739.